The predicted octanol–water partition coefficient (Wildman–Crippen LogP) is 3.63. The van der Waals surface area contributed by atoms with Gasteiger partial charge in [-0.25, -0.2) is 4.39 Å². The zero-order valence-electron chi connectivity index (χ0n) is 13.1. The highest BCUT2D eigenvalue weighted by Crippen LogP contribution is 2.31. The summed E-state index contributed by atoms with van der Waals surface area (Å²) in [6, 6.07) is 5.78. The Morgan fingerprint density at radius 3 is 2.48 bits per heavy atom. The lowest BCUT2D eigenvalue weighted by Crippen LogP contribution is -2.49. The normalized spacial score (nSPS) is 14.9. The van der Waals surface area contributed by atoms with E-state index in [1.54, 1.807) is 26.0 Å². The largest absolute Gasteiger partial charge is 0.478 e. The quantitative estimate of drug-likeness (QED) is 0.768. The molecule has 1 aromatic carbocycles. The van der Waals surface area contributed by atoms with Gasteiger partial charge in [-0.3, -0.25) is 4.79 Å². The molecule has 0 spiro atoms. The molecule has 1 saturated carbocycles. The van der Waals surface area contributed by atoms with Gasteiger partial charge in [0, 0.05) is 13.1 Å². The first-order valence-electron chi connectivity index (χ1n) is 7.66. The Balaban J connectivity index is 2.04. The second-order valence-corrected chi connectivity index (χ2v) is 6.26. The molecule has 1 aliphatic carbocycles. The molecule has 0 aliphatic heterocycles. The Labute approximate surface area is 126 Å². The molecular formula is C17H24FNO2. The van der Waals surface area contributed by atoms with Crippen LogP contribution in [0.15, 0.2) is 24.3 Å². The number of halogens is 1. The maximum atomic E-state index is 12.9. The highest BCUT2D eigenvalue weighted by Gasteiger charge is 2.36. The highest BCUT2D eigenvalue weighted by molar-refractivity contribution is 5.84. The van der Waals surface area contributed by atoms with E-state index in [2.05, 4.69) is 6.92 Å². The first kappa shape index (κ1) is 15.8. The molecule has 1 aliphatic rings. The second kappa shape index (κ2) is 6.46. The van der Waals surface area contributed by atoms with E-state index in [1.165, 1.54) is 25.0 Å². The van der Waals surface area contributed by atoms with Gasteiger partial charge in [0.05, 0.1) is 0 Å². The van der Waals surface area contributed by atoms with Crippen molar-refractivity contribution in [1.82, 2.24) is 4.90 Å². The Hall–Kier alpha value is -1.58. The number of hydrogen-bond donors (Lipinski definition) is 0. The molecule has 0 atom stereocenters. The van der Waals surface area contributed by atoms with Gasteiger partial charge in [-0.1, -0.05) is 6.92 Å². The first-order valence-corrected chi connectivity index (χ1v) is 7.66. The first-order chi connectivity index (χ1) is 9.92. The standard InChI is InChI=1S/C17H24FNO2/c1-4-11-19(12-13-5-6-13)16(20)17(2,3)21-15-9-7-14(18)8-10-15/h7-10,13H,4-6,11-12H2,1-3H3. The fourth-order valence-corrected chi connectivity index (χ4v) is 2.38. The van der Waals surface area contributed by atoms with Gasteiger partial charge in [-0.2, -0.15) is 0 Å². The molecule has 0 unspecified atom stereocenters. The van der Waals surface area contributed by atoms with Crippen molar-refractivity contribution in [3.05, 3.63) is 30.1 Å². The molecule has 0 radical (unpaired) electrons. The molecular weight excluding hydrogens is 269 g/mol. The lowest BCUT2D eigenvalue weighted by atomic mass is 10.1. The van der Waals surface area contributed by atoms with Crippen molar-refractivity contribution in [3.8, 4) is 5.75 Å². The van der Waals surface area contributed by atoms with Crippen LogP contribution in [0.25, 0.3) is 0 Å². The fraction of sp³-hybridized carbons (Fsp3) is 0.588. The topological polar surface area (TPSA) is 29.5 Å². The summed E-state index contributed by atoms with van der Waals surface area (Å²) in [6.07, 6.45) is 3.37. The highest BCUT2D eigenvalue weighted by atomic mass is 19.1. The summed E-state index contributed by atoms with van der Waals surface area (Å²) in [4.78, 5) is 14.6. The zero-order valence-corrected chi connectivity index (χ0v) is 13.1. The molecule has 0 aromatic heterocycles. The molecule has 0 N–H and O–H groups in total. The van der Waals surface area contributed by atoms with Crippen LogP contribution in [-0.4, -0.2) is 29.5 Å². The Bertz CT molecular complexity index is 480. The van der Waals surface area contributed by atoms with E-state index in [4.69, 9.17) is 4.74 Å². The molecule has 4 heteroatoms. The van der Waals surface area contributed by atoms with Crippen LogP contribution in [0, 0.1) is 11.7 Å². The number of hydrogen-bond acceptors (Lipinski definition) is 2. The lowest BCUT2D eigenvalue weighted by molar-refractivity contribution is -0.145. The summed E-state index contributed by atoms with van der Waals surface area (Å²) in [5.41, 5.74) is -0.943. The SMILES string of the molecule is CCCN(CC1CC1)C(=O)C(C)(C)Oc1ccc(F)cc1. The summed E-state index contributed by atoms with van der Waals surface area (Å²) in [6.45, 7) is 7.19. The van der Waals surface area contributed by atoms with Crippen LogP contribution in [0.4, 0.5) is 4.39 Å². The van der Waals surface area contributed by atoms with Crippen LogP contribution in [0.2, 0.25) is 0 Å². The van der Waals surface area contributed by atoms with Gasteiger partial charge in [0.1, 0.15) is 11.6 Å². The molecule has 1 amide bonds. The number of benzene rings is 1. The molecule has 2 rings (SSSR count). The van der Waals surface area contributed by atoms with Crippen molar-refractivity contribution in [2.45, 2.75) is 45.6 Å². The molecule has 116 valence electrons. The van der Waals surface area contributed by atoms with Gasteiger partial charge in [0.25, 0.3) is 5.91 Å². The summed E-state index contributed by atoms with van der Waals surface area (Å²) >= 11 is 0. The number of nitrogens with zero attached hydrogens (tertiary/aromatic N) is 1. The van der Waals surface area contributed by atoms with E-state index in [1.807, 2.05) is 4.90 Å². The van der Waals surface area contributed by atoms with Gasteiger partial charge in [-0.15, -0.1) is 0 Å². The molecule has 1 aromatic rings. The average Bonchev–Trinajstić information content (AvgIpc) is 3.24. The molecule has 3 nitrogen and oxygen atoms in total. The third-order valence-corrected chi connectivity index (χ3v) is 3.66. The molecule has 0 bridgehead atoms. The van der Waals surface area contributed by atoms with Crippen LogP contribution in [0.1, 0.15) is 40.0 Å². The van der Waals surface area contributed by atoms with Gasteiger partial charge >= 0.3 is 0 Å². The Morgan fingerprint density at radius 1 is 1.33 bits per heavy atom. The molecule has 1 fully saturated rings. The van der Waals surface area contributed by atoms with E-state index in [0.29, 0.717) is 11.7 Å². The summed E-state index contributed by atoms with van der Waals surface area (Å²) < 4.78 is 18.7. The van der Waals surface area contributed by atoms with E-state index in [0.717, 1.165) is 19.5 Å². The number of carbonyl (C=O) groups excluding carboxylic acids is 1. The molecule has 21 heavy (non-hydrogen) atoms. The van der Waals surface area contributed by atoms with Crippen LogP contribution >= 0.6 is 0 Å². The third-order valence-electron chi connectivity index (χ3n) is 3.66. The smallest absolute Gasteiger partial charge is 0.266 e. The minimum absolute atomic E-state index is 0.000532. The lowest BCUT2D eigenvalue weighted by Gasteiger charge is -2.32. The van der Waals surface area contributed by atoms with Crippen LogP contribution in [0.3, 0.4) is 0 Å². The van der Waals surface area contributed by atoms with Crippen LogP contribution in [-0.2, 0) is 4.79 Å². The molecule has 0 heterocycles. The summed E-state index contributed by atoms with van der Waals surface area (Å²) in [7, 11) is 0. The third kappa shape index (κ3) is 4.45. The predicted molar refractivity (Wildman–Crippen MR) is 80.7 cm³/mol. The van der Waals surface area contributed by atoms with Crippen molar-refractivity contribution in [1.29, 1.82) is 0 Å². The average molecular weight is 293 g/mol. The second-order valence-electron chi connectivity index (χ2n) is 6.26. The van der Waals surface area contributed by atoms with Gasteiger partial charge < -0.3 is 9.64 Å². The number of carbonyl (C=O) groups is 1. The van der Waals surface area contributed by atoms with Gasteiger partial charge in [-0.05, 0) is 63.3 Å². The number of ether oxygens (including phenoxy) is 1. The maximum Gasteiger partial charge on any atom is 0.266 e. The Morgan fingerprint density at radius 2 is 1.95 bits per heavy atom. The van der Waals surface area contributed by atoms with Crippen molar-refractivity contribution in [2.75, 3.05) is 13.1 Å². The van der Waals surface area contributed by atoms with E-state index >= 15 is 0 Å². The Kier molecular flexibility index (Phi) is 4.86. The molecule has 0 saturated heterocycles. The summed E-state index contributed by atoms with van der Waals surface area (Å²) in [5.74, 6) is 0.855. The van der Waals surface area contributed by atoms with Crippen molar-refractivity contribution in [2.24, 2.45) is 5.92 Å². The maximum absolute atomic E-state index is 12.9. The minimum Gasteiger partial charge on any atom is -0.478 e. The van der Waals surface area contributed by atoms with Crippen molar-refractivity contribution >= 4 is 5.91 Å². The van der Waals surface area contributed by atoms with Gasteiger partial charge in [0.2, 0.25) is 0 Å². The van der Waals surface area contributed by atoms with E-state index in [-0.39, 0.29) is 11.7 Å². The van der Waals surface area contributed by atoms with Crippen molar-refractivity contribution < 1.29 is 13.9 Å². The minimum atomic E-state index is -0.943. The fourth-order valence-electron chi connectivity index (χ4n) is 2.38. The summed E-state index contributed by atoms with van der Waals surface area (Å²) in [5, 5.41) is 0. The number of rotatable bonds is 7. The van der Waals surface area contributed by atoms with Gasteiger partial charge in [0.15, 0.2) is 5.60 Å². The van der Waals surface area contributed by atoms with E-state index < -0.39 is 5.60 Å². The monoisotopic (exact) mass is 293 g/mol. The van der Waals surface area contributed by atoms with Crippen LogP contribution in [0.5, 0.6) is 5.75 Å². The number of amides is 1. The zero-order chi connectivity index (χ0) is 15.5. The van der Waals surface area contributed by atoms with Crippen molar-refractivity contribution in [3.63, 3.8) is 0 Å². The van der Waals surface area contributed by atoms with Crippen LogP contribution < -0.4 is 4.74 Å². The van der Waals surface area contributed by atoms with E-state index in [9.17, 15) is 9.18 Å².